The molecule has 0 spiro atoms. The zero-order valence-electron chi connectivity index (χ0n) is 14.5. The number of ether oxygens (including phenoxy) is 1. The molecule has 3 aromatic rings. The lowest BCUT2D eigenvalue weighted by atomic mass is 10.1. The predicted molar refractivity (Wildman–Crippen MR) is 102 cm³/mol. The molecule has 0 saturated carbocycles. The van der Waals surface area contributed by atoms with Crippen LogP contribution in [0.3, 0.4) is 0 Å². The molecule has 2 N–H and O–H groups in total. The number of carbonyl (C=O) groups excluding carboxylic acids is 2. The third-order valence-corrected chi connectivity index (χ3v) is 5.32. The summed E-state index contributed by atoms with van der Waals surface area (Å²) < 4.78 is 6.97. The van der Waals surface area contributed by atoms with Gasteiger partial charge in [-0.15, -0.1) is 11.3 Å². The van der Waals surface area contributed by atoms with Crippen LogP contribution in [0, 0.1) is 0 Å². The van der Waals surface area contributed by atoms with Crippen molar-refractivity contribution in [3.8, 4) is 5.75 Å². The molecule has 1 fully saturated rings. The number of fused-ring (bicyclic) bond motifs is 1. The second kappa shape index (κ2) is 7.32. The van der Waals surface area contributed by atoms with Crippen LogP contribution in [0.15, 0.2) is 42.0 Å². The molecule has 7 nitrogen and oxygen atoms in total. The number of pyridine rings is 1. The fourth-order valence-electron chi connectivity index (χ4n) is 3.20. The van der Waals surface area contributed by atoms with Gasteiger partial charge in [-0.2, -0.15) is 0 Å². The Hall–Kier alpha value is -3.00. The molecule has 1 aromatic carbocycles. The van der Waals surface area contributed by atoms with Crippen molar-refractivity contribution in [1.82, 2.24) is 14.9 Å². The lowest BCUT2D eigenvalue weighted by Crippen LogP contribution is -2.44. The molecule has 138 valence electrons. The molecular formula is C19H18N4O3S. The van der Waals surface area contributed by atoms with Crippen molar-refractivity contribution in [1.29, 1.82) is 0 Å². The quantitative estimate of drug-likeness (QED) is 0.747. The van der Waals surface area contributed by atoms with E-state index in [4.69, 9.17) is 10.5 Å². The second-order valence-electron chi connectivity index (χ2n) is 6.41. The van der Waals surface area contributed by atoms with E-state index in [1.54, 1.807) is 11.6 Å². The Morgan fingerprint density at radius 3 is 2.96 bits per heavy atom. The molecule has 4 rings (SSSR count). The minimum atomic E-state index is -0.598. The number of amides is 2. The molecule has 2 amide bonds. The molecule has 1 aliphatic heterocycles. The van der Waals surface area contributed by atoms with Gasteiger partial charge in [0.05, 0.1) is 22.3 Å². The first-order chi connectivity index (χ1) is 13.1. The maximum Gasteiger partial charge on any atom is 0.267 e. The number of likely N-dealkylation sites (tertiary alicyclic amines) is 1. The molecule has 1 atom stereocenters. The fraction of sp³-hybridized carbons (Fsp3) is 0.263. The molecule has 0 bridgehead atoms. The first-order valence-corrected chi connectivity index (χ1v) is 9.53. The Balaban J connectivity index is 1.46. The molecular weight excluding hydrogens is 364 g/mol. The lowest BCUT2D eigenvalue weighted by molar-refractivity contribution is 0.0538. The Labute approximate surface area is 159 Å². The van der Waals surface area contributed by atoms with Crippen LogP contribution in [0.1, 0.15) is 33.7 Å². The van der Waals surface area contributed by atoms with Crippen molar-refractivity contribution in [3.05, 3.63) is 53.3 Å². The highest BCUT2D eigenvalue weighted by atomic mass is 32.1. The zero-order valence-corrected chi connectivity index (χ0v) is 15.3. The van der Waals surface area contributed by atoms with E-state index in [0.29, 0.717) is 24.4 Å². The predicted octanol–water partition coefficient (Wildman–Crippen LogP) is 2.47. The second-order valence-corrected chi connectivity index (χ2v) is 7.30. The van der Waals surface area contributed by atoms with Crippen LogP contribution >= 0.6 is 11.3 Å². The standard InChI is InChI=1S/C19H18N4O3S/c20-18(24)16-9-13(5-6-21-16)26-14-2-1-7-23(10-14)19(25)12-3-4-15-17(8-12)27-11-22-15/h3-6,8-9,11,14H,1-2,7,10H2,(H2,20,24). The normalized spacial score (nSPS) is 17.0. The first kappa shape index (κ1) is 17.4. The molecule has 2 aromatic heterocycles. The van der Waals surface area contributed by atoms with Gasteiger partial charge >= 0.3 is 0 Å². The fourth-order valence-corrected chi connectivity index (χ4v) is 3.92. The minimum absolute atomic E-state index is 0.00819. The van der Waals surface area contributed by atoms with Gasteiger partial charge in [0.25, 0.3) is 11.8 Å². The van der Waals surface area contributed by atoms with Gasteiger partial charge in [0.1, 0.15) is 17.5 Å². The van der Waals surface area contributed by atoms with Gasteiger partial charge in [-0.05, 0) is 37.1 Å². The highest BCUT2D eigenvalue weighted by molar-refractivity contribution is 7.16. The van der Waals surface area contributed by atoms with E-state index < -0.39 is 5.91 Å². The average Bonchev–Trinajstić information content (AvgIpc) is 3.15. The van der Waals surface area contributed by atoms with Gasteiger partial charge in [0.2, 0.25) is 0 Å². The summed E-state index contributed by atoms with van der Waals surface area (Å²) in [5.74, 6) is -0.0744. The number of benzene rings is 1. The maximum atomic E-state index is 12.9. The van der Waals surface area contributed by atoms with Crippen molar-refractivity contribution in [3.63, 3.8) is 0 Å². The van der Waals surface area contributed by atoms with Crippen LogP contribution in [-0.2, 0) is 0 Å². The van der Waals surface area contributed by atoms with Gasteiger partial charge in [-0.3, -0.25) is 14.6 Å². The summed E-state index contributed by atoms with van der Waals surface area (Å²) in [6, 6.07) is 8.80. The Morgan fingerprint density at radius 2 is 2.11 bits per heavy atom. The Bertz CT molecular complexity index is 1000. The third kappa shape index (κ3) is 3.75. The number of nitrogens with zero attached hydrogens (tertiary/aromatic N) is 3. The monoisotopic (exact) mass is 382 g/mol. The van der Waals surface area contributed by atoms with Gasteiger partial charge in [0, 0.05) is 24.4 Å². The number of piperidine rings is 1. The Kier molecular flexibility index (Phi) is 4.72. The smallest absolute Gasteiger partial charge is 0.267 e. The molecule has 1 unspecified atom stereocenters. The van der Waals surface area contributed by atoms with Crippen LogP contribution in [0.4, 0.5) is 0 Å². The maximum absolute atomic E-state index is 12.9. The highest BCUT2D eigenvalue weighted by Gasteiger charge is 2.26. The largest absolute Gasteiger partial charge is 0.488 e. The summed E-state index contributed by atoms with van der Waals surface area (Å²) in [4.78, 5) is 34.1. The number of primary amides is 1. The van der Waals surface area contributed by atoms with Crippen LogP contribution < -0.4 is 10.5 Å². The molecule has 1 saturated heterocycles. The first-order valence-electron chi connectivity index (χ1n) is 8.65. The van der Waals surface area contributed by atoms with E-state index in [9.17, 15) is 9.59 Å². The van der Waals surface area contributed by atoms with Crippen molar-refractivity contribution in [2.45, 2.75) is 18.9 Å². The minimum Gasteiger partial charge on any atom is -0.488 e. The van der Waals surface area contributed by atoms with Gasteiger partial charge in [0.15, 0.2) is 0 Å². The number of hydrogen-bond donors (Lipinski definition) is 1. The van der Waals surface area contributed by atoms with Crippen LogP contribution in [0.25, 0.3) is 10.2 Å². The third-order valence-electron chi connectivity index (χ3n) is 4.53. The summed E-state index contributed by atoms with van der Waals surface area (Å²) in [5, 5.41) is 0. The van der Waals surface area contributed by atoms with E-state index in [1.165, 1.54) is 23.6 Å². The molecule has 0 aliphatic carbocycles. The van der Waals surface area contributed by atoms with Crippen LogP contribution in [0.5, 0.6) is 5.75 Å². The molecule has 1 aliphatic rings. The zero-order chi connectivity index (χ0) is 18.8. The number of rotatable bonds is 4. The number of carbonyl (C=O) groups is 2. The topological polar surface area (TPSA) is 98.4 Å². The summed E-state index contributed by atoms with van der Waals surface area (Å²) in [7, 11) is 0. The summed E-state index contributed by atoms with van der Waals surface area (Å²) in [5.41, 5.74) is 8.76. The van der Waals surface area contributed by atoms with Crippen LogP contribution in [0.2, 0.25) is 0 Å². The average molecular weight is 382 g/mol. The summed E-state index contributed by atoms with van der Waals surface area (Å²) >= 11 is 1.52. The molecule has 3 heterocycles. The SMILES string of the molecule is NC(=O)c1cc(OC2CCCN(C(=O)c3ccc4ncsc4c3)C2)ccn1. The highest BCUT2D eigenvalue weighted by Crippen LogP contribution is 2.23. The van der Waals surface area contributed by atoms with Crippen molar-refractivity contribution < 1.29 is 14.3 Å². The molecule has 0 radical (unpaired) electrons. The summed E-state index contributed by atoms with van der Waals surface area (Å²) in [6.07, 6.45) is 3.04. The van der Waals surface area contributed by atoms with E-state index in [1.807, 2.05) is 23.1 Å². The van der Waals surface area contributed by atoms with Gasteiger partial charge in [-0.25, -0.2) is 4.98 Å². The Morgan fingerprint density at radius 1 is 1.22 bits per heavy atom. The van der Waals surface area contributed by atoms with Gasteiger partial charge < -0.3 is 15.4 Å². The van der Waals surface area contributed by atoms with Crippen molar-refractivity contribution >= 4 is 33.4 Å². The van der Waals surface area contributed by atoms with Crippen LogP contribution in [-0.4, -0.2) is 45.9 Å². The molecule has 27 heavy (non-hydrogen) atoms. The van der Waals surface area contributed by atoms with Crippen molar-refractivity contribution in [2.75, 3.05) is 13.1 Å². The van der Waals surface area contributed by atoms with Crippen molar-refractivity contribution in [2.24, 2.45) is 5.73 Å². The number of thiazole rings is 1. The van der Waals surface area contributed by atoms with E-state index in [0.717, 1.165) is 23.1 Å². The lowest BCUT2D eigenvalue weighted by Gasteiger charge is -2.33. The number of hydrogen-bond acceptors (Lipinski definition) is 6. The van der Waals surface area contributed by atoms with E-state index in [-0.39, 0.29) is 17.7 Å². The van der Waals surface area contributed by atoms with E-state index in [2.05, 4.69) is 9.97 Å². The van der Waals surface area contributed by atoms with Gasteiger partial charge in [-0.1, -0.05) is 0 Å². The number of nitrogens with two attached hydrogens (primary N) is 1. The summed E-state index contributed by atoms with van der Waals surface area (Å²) in [6.45, 7) is 1.19. The molecule has 8 heteroatoms. The number of aromatic nitrogens is 2. The van der Waals surface area contributed by atoms with E-state index >= 15 is 0 Å².